The molecule has 2 aromatic rings. The van der Waals surface area contributed by atoms with E-state index in [4.69, 9.17) is 9.47 Å². The molecule has 0 saturated carbocycles. The Morgan fingerprint density at radius 2 is 1.43 bits per heavy atom. The Bertz CT molecular complexity index is 556. The van der Waals surface area contributed by atoms with Gasteiger partial charge in [0, 0.05) is 19.6 Å². The van der Waals surface area contributed by atoms with Crippen LogP contribution < -0.4 is 0 Å². The van der Waals surface area contributed by atoms with Crippen LogP contribution in [0.1, 0.15) is 25.0 Å². The summed E-state index contributed by atoms with van der Waals surface area (Å²) in [4.78, 5) is 2.43. The molecule has 3 heteroatoms. The molecular formula is C20H25NO2. The van der Waals surface area contributed by atoms with E-state index >= 15 is 0 Å². The summed E-state index contributed by atoms with van der Waals surface area (Å²) in [7, 11) is 0. The summed E-state index contributed by atoms with van der Waals surface area (Å²) in [5.41, 5.74) is 2.64. The van der Waals surface area contributed by atoms with Crippen LogP contribution in [0.2, 0.25) is 0 Å². The van der Waals surface area contributed by atoms with Crippen LogP contribution in [0.25, 0.3) is 0 Å². The van der Waals surface area contributed by atoms with Gasteiger partial charge in [0.05, 0.1) is 12.7 Å². The fourth-order valence-electron chi connectivity index (χ4n) is 3.01. The van der Waals surface area contributed by atoms with E-state index in [1.54, 1.807) is 0 Å². The van der Waals surface area contributed by atoms with Gasteiger partial charge in [0.1, 0.15) is 0 Å². The third-order valence-electron chi connectivity index (χ3n) is 4.03. The maximum absolute atomic E-state index is 5.99. The second kappa shape index (κ2) is 7.26. The molecule has 23 heavy (non-hydrogen) atoms. The first-order chi connectivity index (χ1) is 11.1. The molecule has 1 fully saturated rings. The zero-order valence-corrected chi connectivity index (χ0v) is 13.9. The second-order valence-electron chi connectivity index (χ2n) is 6.59. The van der Waals surface area contributed by atoms with Crippen molar-refractivity contribution in [1.29, 1.82) is 0 Å². The van der Waals surface area contributed by atoms with Gasteiger partial charge < -0.3 is 9.47 Å². The Balaban J connectivity index is 1.68. The van der Waals surface area contributed by atoms with Gasteiger partial charge in [-0.3, -0.25) is 4.90 Å². The Morgan fingerprint density at radius 3 is 1.87 bits per heavy atom. The molecule has 0 N–H and O–H groups in total. The van der Waals surface area contributed by atoms with Crippen LogP contribution in [-0.4, -0.2) is 29.9 Å². The van der Waals surface area contributed by atoms with Crippen LogP contribution in [0.3, 0.4) is 0 Å². The van der Waals surface area contributed by atoms with Crippen molar-refractivity contribution in [2.24, 2.45) is 0 Å². The van der Waals surface area contributed by atoms with Crippen molar-refractivity contribution in [2.75, 3.05) is 13.2 Å². The minimum Gasteiger partial charge on any atom is -0.348 e. The lowest BCUT2D eigenvalue weighted by molar-refractivity contribution is -0.140. The van der Waals surface area contributed by atoms with Gasteiger partial charge in [-0.15, -0.1) is 0 Å². The van der Waals surface area contributed by atoms with E-state index in [9.17, 15) is 0 Å². The molecule has 1 heterocycles. The van der Waals surface area contributed by atoms with Gasteiger partial charge in [-0.05, 0) is 25.0 Å². The molecule has 3 nitrogen and oxygen atoms in total. The topological polar surface area (TPSA) is 21.7 Å². The zero-order chi connectivity index (χ0) is 16.1. The molecule has 0 amide bonds. The number of hydrogen-bond acceptors (Lipinski definition) is 3. The molecule has 0 radical (unpaired) electrons. The van der Waals surface area contributed by atoms with Gasteiger partial charge in [-0.2, -0.15) is 0 Å². The normalized spacial score (nSPS) is 20.0. The first-order valence-electron chi connectivity index (χ1n) is 8.23. The minimum atomic E-state index is -0.462. The molecule has 0 aromatic heterocycles. The van der Waals surface area contributed by atoms with Crippen molar-refractivity contribution >= 4 is 0 Å². The van der Waals surface area contributed by atoms with Crippen LogP contribution in [0, 0.1) is 0 Å². The highest BCUT2D eigenvalue weighted by Crippen LogP contribution is 2.23. The predicted octanol–water partition coefficient (Wildman–Crippen LogP) is 3.84. The first-order valence-corrected chi connectivity index (χ1v) is 8.23. The zero-order valence-electron chi connectivity index (χ0n) is 13.9. The average molecular weight is 311 g/mol. The van der Waals surface area contributed by atoms with E-state index in [-0.39, 0.29) is 6.10 Å². The average Bonchev–Trinajstić information content (AvgIpc) is 2.88. The third kappa shape index (κ3) is 4.90. The quantitative estimate of drug-likeness (QED) is 0.809. The van der Waals surface area contributed by atoms with Crippen molar-refractivity contribution in [1.82, 2.24) is 4.90 Å². The molecule has 0 bridgehead atoms. The van der Waals surface area contributed by atoms with Crippen molar-refractivity contribution in [3.05, 3.63) is 71.8 Å². The molecule has 2 aromatic carbocycles. The summed E-state index contributed by atoms with van der Waals surface area (Å²) in [5, 5.41) is 0. The SMILES string of the molecule is CC1(C)OC[C@H](CN(Cc2ccccc2)Cc2ccccc2)O1. The largest absolute Gasteiger partial charge is 0.348 e. The number of hydrogen-bond donors (Lipinski definition) is 0. The van der Waals surface area contributed by atoms with E-state index in [1.165, 1.54) is 11.1 Å². The van der Waals surface area contributed by atoms with Crippen LogP contribution in [0.4, 0.5) is 0 Å². The van der Waals surface area contributed by atoms with E-state index in [0.29, 0.717) is 6.61 Å². The van der Waals surface area contributed by atoms with Crippen LogP contribution in [-0.2, 0) is 22.6 Å². The van der Waals surface area contributed by atoms with Gasteiger partial charge in [0.25, 0.3) is 0 Å². The molecule has 1 aliphatic heterocycles. The van der Waals surface area contributed by atoms with E-state index < -0.39 is 5.79 Å². The van der Waals surface area contributed by atoms with Crippen molar-refractivity contribution in [2.45, 2.75) is 38.8 Å². The lowest BCUT2D eigenvalue weighted by atomic mass is 10.1. The predicted molar refractivity (Wildman–Crippen MR) is 91.9 cm³/mol. The Kier molecular flexibility index (Phi) is 5.11. The lowest BCUT2D eigenvalue weighted by Gasteiger charge is -2.26. The lowest BCUT2D eigenvalue weighted by Crippen LogP contribution is -2.34. The standard InChI is InChI=1S/C20H25NO2/c1-20(2)22-16-19(23-20)15-21(13-17-9-5-3-6-10-17)14-18-11-7-4-8-12-18/h3-12,19H,13-16H2,1-2H3/t19-/m0/s1. The first kappa shape index (κ1) is 16.2. The maximum Gasteiger partial charge on any atom is 0.163 e. The van der Waals surface area contributed by atoms with E-state index in [2.05, 4.69) is 65.6 Å². The van der Waals surface area contributed by atoms with Crippen molar-refractivity contribution in [3.8, 4) is 0 Å². The molecule has 1 aliphatic rings. The minimum absolute atomic E-state index is 0.123. The van der Waals surface area contributed by atoms with E-state index in [1.807, 2.05) is 13.8 Å². The molecular weight excluding hydrogens is 286 g/mol. The number of benzene rings is 2. The summed E-state index contributed by atoms with van der Waals surface area (Å²) in [6.45, 7) is 7.31. The molecule has 1 atom stereocenters. The monoisotopic (exact) mass is 311 g/mol. The van der Waals surface area contributed by atoms with Crippen LogP contribution >= 0.6 is 0 Å². The summed E-state index contributed by atoms with van der Waals surface area (Å²) >= 11 is 0. The molecule has 0 aliphatic carbocycles. The summed E-state index contributed by atoms with van der Waals surface area (Å²) < 4.78 is 11.7. The molecule has 122 valence electrons. The molecule has 0 unspecified atom stereocenters. The number of nitrogens with zero attached hydrogens (tertiary/aromatic N) is 1. The number of ether oxygens (including phenoxy) is 2. The smallest absolute Gasteiger partial charge is 0.163 e. The van der Waals surface area contributed by atoms with Gasteiger partial charge in [-0.25, -0.2) is 0 Å². The van der Waals surface area contributed by atoms with Gasteiger partial charge >= 0.3 is 0 Å². The highest BCUT2D eigenvalue weighted by atomic mass is 16.7. The van der Waals surface area contributed by atoms with Crippen molar-refractivity contribution in [3.63, 3.8) is 0 Å². The molecule has 3 rings (SSSR count). The fraction of sp³-hybridized carbons (Fsp3) is 0.400. The van der Waals surface area contributed by atoms with Gasteiger partial charge in [0.15, 0.2) is 5.79 Å². The third-order valence-corrected chi connectivity index (χ3v) is 4.03. The second-order valence-corrected chi connectivity index (χ2v) is 6.59. The van der Waals surface area contributed by atoms with Gasteiger partial charge in [-0.1, -0.05) is 60.7 Å². The summed E-state index contributed by atoms with van der Waals surface area (Å²) in [5.74, 6) is -0.462. The Morgan fingerprint density at radius 1 is 0.913 bits per heavy atom. The van der Waals surface area contributed by atoms with Crippen LogP contribution in [0.5, 0.6) is 0 Å². The highest BCUT2D eigenvalue weighted by molar-refractivity contribution is 5.17. The molecule has 1 saturated heterocycles. The Labute approximate surface area is 138 Å². The summed E-state index contributed by atoms with van der Waals surface area (Å²) in [6.07, 6.45) is 0.123. The molecule has 0 spiro atoms. The van der Waals surface area contributed by atoms with Crippen molar-refractivity contribution < 1.29 is 9.47 Å². The summed E-state index contributed by atoms with van der Waals surface area (Å²) in [6, 6.07) is 21.2. The van der Waals surface area contributed by atoms with Gasteiger partial charge in [0.2, 0.25) is 0 Å². The Hall–Kier alpha value is -1.68. The van der Waals surface area contributed by atoms with E-state index in [0.717, 1.165) is 19.6 Å². The van der Waals surface area contributed by atoms with Crippen LogP contribution in [0.15, 0.2) is 60.7 Å². The fourth-order valence-corrected chi connectivity index (χ4v) is 3.01. The maximum atomic E-state index is 5.99. The number of rotatable bonds is 6. The highest BCUT2D eigenvalue weighted by Gasteiger charge is 2.33.